The maximum Gasteiger partial charge on any atom is 0.275 e. The second-order valence-corrected chi connectivity index (χ2v) is 6.61. The molecule has 2 fully saturated rings. The average Bonchev–Trinajstić information content (AvgIpc) is 3.26. The van der Waals surface area contributed by atoms with E-state index < -0.39 is 23.0 Å². The van der Waals surface area contributed by atoms with Crippen molar-refractivity contribution in [1.82, 2.24) is 19.7 Å². The highest BCUT2D eigenvalue weighted by Gasteiger charge is 2.51. The van der Waals surface area contributed by atoms with Gasteiger partial charge in [0.25, 0.3) is 5.91 Å². The summed E-state index contributed by atoms with van der Waals surface area (Å²) in [5, 5.41) is 26.1. The van der Waals surface area contributed by atoms with Crippen molar-refractivity contribution in [2.24, 2.45) is 5.73 Å². The third-order valence-electron chi connectivity index (χ3n) is 4.86. The number of aliphatic hydroxyl groups is 1. The lowest BCUT2D eigenvalue weighted by Crippen LogP contribution is -2.39. The van der Waals surface area contributed by atoms with Crippen molar-refractivity contribution in [1.29, 1.82) is 5.26 Å². The molecule has 0 bridgehead atoms. The number of anilines is 3. The number of carbonyl (C=O) groups is 2. The van der Waals surface area contributed by atoms with E-state index in [4.69, 9.17) is 11.0 Å². The third kappa shape index (κ3) is 2.67. The number of hydrogen-bond acceptors (Lipinski definition) is 8. The molecule has 4 rings (SSSR count). The smallest absolute Gasteiger partial charge is 0.275 e. The number of amides is 2. The van der Waals surface area contributed by atoms with E-state index in [1.54, 1.807) is 12.3 Å². The first-order valence-corrected chi connectivity index (χ1v) is 8.29. The molecule has 138 valence electrons. The molecular weight excluding hydrogens is 352 g/mol. The van der Waals surface area contributed by atoms with Crippen LogP contribution in [0.25, 0.3) is 0 Å². The normalized spacial score (nSPS) is 23.1. The molecule has 2 aliphatic rings. The van der Waals surface area contributed by atoms with E-state index in [0.717, 1.165) is 0 Å². The van der Waals surface area contributed by atoms with E-state index in [1.807, 2.05) is 0 Å². The molecule has 1 saturated heterocycles. The van der Waals surface area contributed by atoms with E-state index >= 15 is 0 Å². The number of rotatable bonds is 5. The number of primary amides is 1. The highest BCUT2D eigenvalue weighted by Crippen LogP contribution is 2.43. The maximum atomic E-state index is 12.2. The lowest BCUT2D eigenvalue weighted by molar-refractivity contribution is -0.128. The van der Waals surface area contributed by atoms with Crippen molar-refractivity contribution in [2.75, 3.05) is 16.8 Å². The summed E-state index contributed by atoms with van der Waals surface area (Å²) in [4.78, 5) is 33.4. The van der Waals surface area contributed by atoms with E-state index in [0.29, 0.717) is 18.5 Å². The summed E-state index contributed by atoms with van der Waals surface area (Å²) in [6, 6.07) is 3.15. The van der Waals surface area contributed by atoms with Gasteiger partial charge in [-0.3, -0.25) is 19.2 Å². The summed E-state index contributed by atoms with van der Waals surface area (Å²) in [7, 11) is 0. The van der Waals surface area contributed by atoms with E-state index in [1.165, 1.54) is 28.0 Å². The van der Waals surface area contributed by atoms with E-state index in [9.17, 15) is 14.7 Å². The van der Waals surface area contributed by atoms with Crippen molar-refractivity contribution >= 4 is 29.3 Å². The number of nitrogens with zero attached hydrogens (tertiary/aromatic N) is 6. The van der Waals surface area contributed by atoms with Gasteiger partial charge in [0.1, 0.15) is 17.4 Å². The van der Waals surface area contributed by atoms with Gasteiger partial charge in [0.15, 0.2) is 0 Å². The molecule has 2 amide bonds. The van der Waals surface area contributed by atoms with Crippen LogP contribution in [0, 0.1) is 11.3 Å². The van der Waals surface area contributed by atoms with Crippen LogP contribution in [0.5, 0.6) is 0 Å². The molecule has 0 spiro atoms. The fourth-order valence-electron chi connectivity index (χ4n) is 3.04. The molecule has 2 aromatic heterocycles. The highest BCUT2D eigenvalue weighted by atomic mass is 16.3. The Labute approximate surface area is 153 Å². The third-order valence-corrected chi connectivity index (χ3v) is 4.86. The lowest BCUT2D eigenvalue weighted by atomic mass is 10.1. The first-order chi connectivity index (χ1) is 12.9. The number of nitrogens with two attached hydrogens (primary N) is 1. The first-order valence-electron chi connectivity index (χ1n) is 8.29. The molecule has 1 aliphatic carbocycles. The Hall–Kier alpha value is -3.52. The molecule has 27 heavy (non-hydrogen) atoms. The minimum Gasteiger partial charge on any atom is -0.368 e. The zero-order valence-electron chi connectivity index (χ0n) is 14.2. The van der Waals surface area contributed by atoms with E-state index in [2.05, 4.69) is 20.4 Å². The summed E-state index contributed by atoms with van der Waals surface area (Å²) < 4.78 is 1.53. The van der Waals surface area contributed by atoms with Crippen LogP contribution >= 0.6 is 0 Å². The van der Waals surface area contributed by atoms with E-state index in [-0.39, 0.29) is 24.7 Å². The van der Waals surface area contributed by atoms with Crippen molar-refractivity contribution in [3.63, 3.8) is 0 Å². The van der Waals surface area contributed by atoms with Crippen LogP contribution in [-0.4, -0.2) is 48.8 Å². The van der Waals surface area contributed by atoms with Crippen LogP contribution in [0.15, 0.2) is 24.7 Å². The predicted molar refractivity (Wildman–Crippen MR) is 91.5 cm³/mol. The molecular formula is C16H16N8O3. The molecule has 3 heterocycles. The minimum atomic E-state index is -2.02. The zero-order valence-corrected chi connectivity index (χ0v) is 14.2. The molecule has 1 aliphatic heterocycles. The Morgan fingerprint density at radius 2 is 2.19 bits per heavy atom. The van der Waals surface area contributed by atoms with Gasteiger partial charge in [-0.05, 0) is 18.9 Å². The Bertz CT molecular complexity index is 976. The largest absolute Gasteiger partial charge is 0.368 e. The lowest BCUT2D eigenvalue weighted by Gasteiger charge is -2.16. The monoisotopic (exact) mass is 368 g/mol. The van der Waals surface area contributed by atoms with Crippen LogP contribution in [0.2, 0.25) is 0 Å². The summed E-state index contributed by atoms with van der Waals surface area (Å²) >= 11 is 0. The quantitative estimate of drug-likeness (QED) is 0.588. The molecule has 0 unspecified atom stereocenters. The Morgan fingerprint density at radius 1 is 1.41 bits per heavy atom. The molecule has 2 aromatic rings. The zero-order chi connectivity index (χ0) is 19.2. The van der Waals surface area contributed by atoms with Crippen LogP contribution in [0.4, 0.5) is 17.5 Å². The number of nitriles is 1. The topological polar surface area (TPSA) is 163 Å². The molecule has 1 atom stereocenters. The average molecular weight is 368 g/mol. The summed E-state index contributed by atoms with van der Waals surface area (Å²) in [5.41, 5.74) is 3.22. The van der Waals surface area contributed by atoms with Crippen molar-refractivity contribution in [3.8, 4) is 6.07 Å². The summed E-state index contributed by atoms with van der Waals surface area (Å²) in [6.07, 6.45) is 5.93. The van der Waals surface area contributed by atoms with Gasteiger partial charge in [-0.25, -0.2) is 4.98 Å². The number of carbonyl (C=O) groups excluding carboxylic acids is 2. The number of hydrogen-bond donors (Lipinski definition) is 3. The van der Waals surface area contributed by atoms with Gasteiger partial charge in [0.05, 0.1) is 11.9 Å². The van der Waals surface area contributed by atoms with Gasteiger partial charge < -0.3 is 16.2 Å². The number of nitrogens with one attached hydrogen (secondary N) is 1. The fraction of sp³-hybridized carbons (Fsp3) is 0.375. The van der Waals surface area contributed by atoms with Crippen molar-refractivity contribution in [3.05, 3.63) is 24.7 Å². The summed E-state index contributed by atoms with van der Waals surface area (Å²) in [6.45, 7) is 0.179. The summed E-state index contributed by atoms with van der Waals surface area (Å²) in [5.74, 6) is -0.657. The molecule has 4 N–H and O–H groups in total. The van der Waals surface area contributed by atoms with Gasteiger partial charge in [0, 0.05) is 25.4 Å². The Morgan fingerprint density at radius 3 is 2.81 bits per heavy atom. The molecule has 11 nitrogen and oxygen atoms in total. The highest BCUT2D eigenvalue weighted by molar-refractivity contribution is 6.03. The van der Waals surface area contributed by atoms with Crippen molar-refractivity contribution in [2.45, 2.75) is 30.4 Å². The van der Waals surface area contributed by atoms with Gasteiger partial charge in [-0.2, -0.15) is 15.3 Å². The maximum absolute atomic E-state index is 12.2. The van der Waals surface area contributed by atoms with Gasteiger partial charge >= 0.3 is 0 Å². The van der Waals surface area contributed by atoms with Crippen LogP contribution in [0.3, 0.4) is 0 Å². The second kappa shape index (κ2) is 5.75. The van der Waals surface area contributed by atoms with Crippen LogP contribution in [0.1, 0.15) is 19.3 Å². The molecule has 0 aromatic carbocycles. The van der Waals surface area contributed by atoms with Gasteiger partial charge in [-0.15, -0.1) is 0 Å². The standard InChI is InChI=1S/C16H16N8O3/c17-9-16(27)4-6-23(13(16)26)11-1-5-19-14(22-11)21-10-7-20-24(8-10)15(2-3-15)12(18)25/h1,5,7-8,27H,2-4,6H2,(H2,18,25)(H,19,21,22)/t16-/m0/s1. The van der Waals surface area contributed by atoms with Gasteiger partial charge in [0.2, 0.25) is 17.5 Å². The van der Waals surface area contributed by atoms with Crippen molar-refractivity contribution < 1.29 is 14.7 Å². The Balaban J connectivity index is 1.53. The molecule has 11 heteroatoms. The predicted octanol–water partition coefficient (Wildman–Crippen LogP) is -0.618. The van der Waals surface area contributed by atoms with Crippen LogP contribution in [-0.2, 0) is 15.1 Å². The van der Waals surface area contributed by atoms with Crippen LogP contribution < -0.4 is 16.0 Å². The number of aromatic nitrogens is 4. The molecule has 1 saturated carbocycles. The van der Waals surface area contributed by atoms with Gasteiger partial charge in [-0.1, -0.05) is 0 Å². The second-order valence-electron chi connectivity index (χ2n) is 6.61. The first kappa shape index (κ1) is 16.9. The fourth-order valence-corrected chi connectivity index (χ4v) is 3.04. The Kier molecular flexibility index (Phi) is 3.60. The minimum absolute atomic E-state index is 0.0110. The SMILES string of the molecule is N#C[C@@]1(O)CCN(c2ccnc(Nc3cnn(C4(C(N)=O)CC4)c3)n2)C1=O. The molecule has 0 radical (unpaired) electrons.